The highest BCUT2D eigenvalue weighted by Crippen LogP contribution is 2.43. The SMILES string of the molecule is CCOc1ccc([C@@H]2C[C@H]2Nc2cc(N3CCCC(CO)C3)ncn2)cc1. The van der Waals surface area contributed by atoms with Crippen LogP contribution in [0.25, 0.3) is 0 Å². The highest BCUT2D eigenvalue weighted by molar-refractivity contribution is 5.51. The first-order chi connectivity index (χ1) is 13.3. The van der Waals surface area contributed by atoms with Gasteiger partial charge in [-0.3, -0.25) is 0 Å². The molecule has 2 aromatic rings. The highest BCUT2D eigenvalue weighted by atomic mass is 16.5. The van der Waals surface area contributed by atoms with Crippen LogP contribution in [0.1, 0.15) is 37.7 Å². The molecule has 0 bridgehead atoms. The summed E-state index contributed by atoms with van der Waals surface area (Å²) in [5.74, 6) is 3.62. The number of hydrogen-bond acceptors (Lipinski definition) is 6. The molecule has 27 heavy (non-hydrogen) atoms. The number of piperidine rings is 1. The predicted molar refractivity (Wildman–Crippen MR) is 106 cm³/mol. The van der Waals surface area contributed by atoms with Gasteiger partial charge in [-0.05, 0) is 49.8 Å². The Bertz CT molecular complexity index is 752. The summed E-state index contributed by atoms with van der Waals surface area (Å²) in [5.41, 5.74) is 1.34. The van der Waals surface area contributed by atoms with Gasteiger partial charge in [0, 0.05) is 37.7 Å². The average Bonchev–Trinajstić information content (AvgIpc) is 3.48. The lowest BCUT2D eigenvalue weighted by molar-refractivity contribution is 0.208. The van der Waals surface area contributed by atoms with E-state index in [9.17, 15) is 5.11 Å². The van der Waals surface area contributed by atoms with E-state index in [1.165, 1.54) is 5.56 Å². The number of rotatable bonds is 7. The molecular weight excluding hydrogens is 340 g/mol. The van der Waals surface area contributed by atoms with E-state index in [4.69, 9.17) is 4.74 Å². The molecule has 1 aromatic carbocycles. The van der Waals surface area contributed by atoms with Gasteiger partial charge in [0.15, 0.2) is 0 Å². The van der Waals surface area contributed by atoms with Gasteiger partial charge in [-0.15, -0.1) is 0 Å². The summed E-state index contributed by atoms with van der Waals surface area (Å²) in [6.07, 6.45) is 4.94. The number of ether oxygens (including phenoxy) is 1. The molecule has 1 aromatic heterocycles. The fraction of sp³-hybridized carbons (Fsp3) is 0.524. The van der Waals surface area contributed by atoms with Gasteiger partial charge in [-0.25, -0.2) is 9.97 Å². The Labute approximate surface area is 160 Å². The largest absolute Gasteiger partial charge is 0.494 e. The minimum absolute atomic E-state index is 0.249. The zero-order valence-electron chi connectivity index (χ0n) is 15.8. The molecule has 1 aliphatic heterocycles. The van der Waals surface area contributed by atoms with E-state index in [1.54, 1.807) is 6.33 Å². The van der Waals surface area contributed by atoms with Gasteiger partial charge >= 0.3 is 0 Å². The van der Waals surface area contributed by atoms with Crippen molar-refractivity contribution in [2.24, 2.45) is 5.92 Å². The maximum absolute atomic E-state index is 9.44. The number of hydrogen-bond donors (Lipinski definition) is 2. The highest BCUT2D eigenvalue weighted by Gasteiger charge is 2.38. The lowest BCUT2D eigenvalue weighted by Gasteiger charge is -2.32. The Balaban J connectivity index is 1.36. The van der Waals surface area contributed by atoms with Gasteiger partial charge in [-0.2, -0.15) is 0 Å². The monoisotopic (exact) mass is 368 g/mol. The molecule has 1 unspecified atom stereocenters. The van der Waals surface area contributed by atoms with Crippen molar-refractivity contribution in [3.63, 3.8) is 0 Å². The van der Waals surface area contributed by atoms with Gasteiger partial charge in [0.25, 0.3) is 0 Å². The Morgan fingerprint density at radius 3 is 2.89 bits per heavy atom. The van der Waals surface area contributed by atoms with Crippen molar-refractivity contribution in [2.75, 3.05) is 36.5 Å². The maximum Gasteiger partial charge on any atom is 0.134 e. The van der Waals surface area contributed by atoms with E-state index in [0.29, 0.717) is 24.5 Å². The molecule has 6 heteroatoms. The maximum atomic E-state index is 9.44. The summed E-state index contributed by atoms with van der Waals surface area (Å²) in [4.78, 5) is 11.1. The molecule has 2 fully saturated rings. The van der Waals surface area contributed by atoms with Crippen LogP contribution in [0.3, 0.4) is 0 Å². The minimum atomic E-state index is 0.249. The van der Waals surface area contributed by atoms with E-state index in [1.807, 2.05) is 25.1 Å². The van der Waals surface area contributed by atoms with Crippen molar-refractivity contribution in [1.29, 1.82) is 0 Å². The van der Waals surface area contributed by atoms with Crippen molar-refractivity contribution >= 4 is 11.6 Å². The fourth-order valence-electron chi connectivity index (χ4n) is 3.91. The van der Waals surface area contributed by atoms with Crippen molar-refractivity contribution in [2.45, 2.75) is 38.1 Å². The number of aliphatic hydroxyl groups excluding tert-OH is 1. The van der Waals surface area contributed by atoms with Crippen molar-refractivity contribution in [3.05, 3.63) is 42.2 Å². The normalized spacial score (nSPS) is 24.5. The third kappa shape index (κ3) is 4.33. The quantitative estimate of drug-likeness (QED) is 0.783. The molecule has 1 saturated heterocycles. The second-order valence-electron chi connectivity index (χ2n) is 7.49. The zero-order chi connectivity index (χ0) is 18.6. The van der Waals surface area contributed by atoms with Crippen LogP contribution in [0.2, 0.25) is 0 Å². The zero-order valence-corrected chi connectivity index (χ0v) is 15.8. The number of anilines is 2. The first-order valence-electron chi connectivity index (χ1n) is 9.94. The van der Waals surface area contributed by atoms with Crippen LogP contribution in [0.5, 0.6) is 5.75 Å². The summed E-state index contributed by atoms with van der Waals surface area (Å²) in [7, 11) is 0. The van der Waals surface area contributed by atoms with Gasteiger partial charge in [-0.1, -0.05) is 12.1 Å². The van der Waals surface area contributed by atoms with E-state index in [-0.39, 0.29) is 6.61 Å². The number of nitrogens with one attached hydrogen (secondary N) is 1. The topological polar surface area (TPSA) is 70.5 Å². The number of benzene rings is 1. The van der Waals surface area contributed by atoms with E-state index in [2.05, 4.69) is 32.3 Å². The minimum Gasteiger partial charge on any atom is -0.494 e. The van der Waals surface area contributed by atoms with Crippen LogP contribution < -0.4 is 15.0 Å². The molecule has 6 nitrogen and oxygen atoms in total. The second kappa shape index (κ2) is 8.13. The van der Waals surface area contributed by atoms with Gasteiger partial charge < -0.3 is 20.1 Å². The smallest absolute Gasteiger partial charge is 0.134 e. The predicted octanol–water partition coefficient (Wildman–Crippen LogP) is 3.05. The van der Waals surface area contributed by atoms with Gasteiger partial charge in [0.05, 0.1) is 6.61 Å². The molecule has 2 heterocycles. The van der Waals surface area contributed by atoms with Crippen LogP contribution in [-0.2, 0) is 0 Å². The molecule has 0 spiro atoms. The van der Waals surface area contributed by atoms with Crippen LogP contribution in [0.15, 0.2) is 36.7 Å². The average molecular weight is 368 g/mol. The number of aliphatic hydroxyl groups is 1. The molecule has 0 amide bonds. The Morgan fingerprint density at radius 1 is 1.26 bits per heavy atom. The molecule has 4 rings (SSSR count). The van der Waals surface area contributed by atoms with Crippen molar-refractivity contribution in [3.8, 4) is 5.75 Å². The summed E-state index contributed by atoms with van der Waals surface area (Å²) in [5, 5.41) is 13.0. The lowest BCUT2D eigenvalue weighted by Crippen LogP contribution is -2.37. The van der Waals surface area contributed by atoms with E-state index >= 15 is 0 Å². The van der Waals surface area contributed by atoms with Crippen LogP contribution in [0.4, 0.5) is 11.6 Å². The Hall–Kier alpha value is -2.34. The van der Waals surface area contributed by atoms with Crippen LogP contribution in [0, 0.1) is 5.92 Å². The van der Waals surface area contributed by atoms with Crippen LogP contribution >= 0.6 is 0 Å². The Kier molecular flexibility index (Phi) is 5.43. The molecule has 2 N–H and O–H groups in total. The number of aromatic nitrogens is 2. The molecule has 1 saturated carbocycles. The van der Waals surface area contributed by atoms with Gasteiger partial charge in [0.1, 0.15) is 23.7 Å². The van der Waals surface area contributed by atoms with E-state index in [0.717, 1.165) is 49.7 Å². The van der Waals surface area contributed by atoms with Crippen molar-refractivity contribution in [1.82, 2.24) is 9.97 Å². The third-order valence-electron chi connectivity index (χ3n) is 5.50. The summed E-state index contributed by atoms with van der Waals surface area (Å²) >= 11 is 0. The van der Waals surface area contributed by atoms with Crippen molar-refractivity contribution < 1.29 is 9.84 Å². The third-order valence-corrected chi connectivity index (χ3v) is 5.50. The number of nitrogens with zero attached hydrogens (tertiary/aromatic N) is 3. The molecule has 144 valence electrons. The molecular formula is C21H28N4O2. The molecule has 1 aliphatic carbocycles. The summed E-state index contributed by atoms with van der Waals surface area (Å²) in [6, 6.07) is 10.9. The summed E-state index contributed by atoms with van der Waals surface area (Å²) < 4.78 is 5.52. The standard InChI is InChI=1S/C21H28N4O2/c1-2-27-17-7-5-16(6-8-17)18-10-19(18)24-20-11-21(23-14-22-20)25-9-3-4-15(12-25)13-26/h5-8,11,14-15,18-19,26H,2-4,9-10,12-13H2,1H3,(H,22,23,24)/t15?,18-,19+/m0/s1. The molecule has 0 radical (unpaired) electrons. The first-order valence-corrected chi connectivity index (χ1v) is 9.94. The van der Waals surface area contributed by atoms with Gasteiger partial charge in [0.2, 0.25) is 0 Å². The lowest BCUT2D eigenvalue weighted by atomic mass is 9.99. The van der Waals surface area contributed by atoms with Crippen LogP contribution in [-0.4, -0.2) is 47.4 Å². The van der Waals surface area contributed by atoms with E-state index < -0.39 is 0 Å². The summed E-state index contributed by atoms with van der Waals surface area (Å²) in [6.45, 7) is 4.80. The second-order valence-corrected chi connectivity index (χ2v) is 7.49. The molecule has 3 atom stereocenters. The molecule has 2 aliphatic rings. The Morgan fingerprint density at radius 2 is 2.11 bits per heavy atom. The fourth-order valence-corrected chi connectivity index (χ4v) is 3.91. The first kappa shape index (κ1) is 18.0.